The van der Waals surface area contributed by atoms with Gasteiger partial charge in [-0.3, -0.25) is 14.4 Å². The zero-order valence-corrected chi connectivity index (χ0v) is 11.2. The predicted octanol–water partition coefficient (Wildman–Crippen LogP) is 0.218. The van der Waals surface area contributed by atoms with Crippen molar-refractivity contribution in [3.8, 4) is 0 Å². The number of hydrogen-bond donors (Lipinski definition) is 2. The van der Waals surface area contributed by atoms with Gasteiger partial charge < -0.3 is 15.4 Å². The average Bonchev–Trinajstić information content (AvgIpc) is 2.31. The predicted molar refractivity (Wildman–Crippen MR) is 66.7 cm³/mol. The molecule has 0 fully saturated rings. The van der Waals surface area contributed by atoms with Gasteiger partial charge >= 0.3 is 5.97 Å². The van der Waals surface area contributed by atoms with Crippen molar-refractivity contribution in [1.29, 1.82) is 0 Å². The van der Waals surface area contributed by atoms with Crippen molar-refractivity contribution in [2.24, 2.45) is 5.92 Å². The van der Waals surface area contributed by atoms with Crippen molar-refractivity contribution in [2.45, 2.75) is 33.6 Å². The summed E-state index contributed by atoms with van der Waals surface area (Å²) in [6.45, 7) is 6.50. The van der Waals surface area contributed by atoms with E-state index in [0.717, 1.165) is 0 Å². The van der Waals surface area contributed by atoms with E-state index in [4.69, 9.17) is 0 Å². The molecule has 0 unspecified atom stereocenters. The maximum Gasteiger partial charge on any atom is 0.306 e. The van der Waals surface area contributed by atoms with Crippen LogP contribution < -0.4 is 10.6 Å². The van der Waals surface area contributed by atoms with Crippen LogP contribution in [0.15, 0.2) is 0 Å². The van der Waals surface area contributed by atoms with Crippen LogP contribution in [0.1, 0.15) is 33.6 Å². The molecule has 0 heterocycles. The SMILES string of the molecule is CCOC(=O)CCC(=O)NCC(=O)NCC(C)C. The van der Waals surface area contributed by atoms with E-state index in [1.165, 1.54) is 0 Å². The van der Waals surface area contributed by atoms with Crippen LogP contribution in [-0.2, 0) is 19.1 Å². The minimum absolute atomic E-state index is 0.0350. The van der Waals surface area contributed by atoms with Crippen LogP contribution in [0.2, 0.25) is 0 Å². The molecule has 2 N–H and O–H groups in total. The molecule has 104 valence electrons. The molecule has 0 aliphatic rings. The number of hydrogen-bond acceptors (Lipinski definition) is 4. The van der Waals surface area contributed by atoms with Gasteiger partial charge in [-0.15, -0.1) is 0 Å². The average molecular weight is 258 g/mol. The highest BCUT2D eigenvalue weighted by Crippen LogP contribution is 1.92. The first-order valence-electron chi connectivity index (χ1n) is 6.14. The second-order valence-electron chi connectivity index (χ2n) is 4.28. The largest absolute Gasteiger partial charge is 0.466 e. The van der Waals surface area contributed by atoms with Crippen molar-refractivity contribution < 1.29 is 19.1 Å². The number of rotatable bonds is 8. The first-order valence-corrected chi connectivity index (χ1v) is 6.14. The second-order valence-corrected chi connectivity index (χ2v) is 4.28. The van der Waals surface area contributed by atoms with Gasteiger partial charge in [-0.25, -0.2) is 0 Å². The van der Waals surface area contributed by atoms with Gasteiger partial charge in [-0.05, 0) is 12.8 Å². The Morgan fingerprint density at radius 2 is 1.72 bits per heavy atom. The lowest BCUT2D eigenvalue weighted by atomic mass is 10.2. The molecule has 0 spiro atoms. The molecule has 6 nitrogen and oxygen atoms in total. The molecule has 0 rings (SSSR count). The summed E-state index contributed by atoms with van der Waals surface area (Å²) < 4.78 is 4.68. The van der Waals surface area contributed by atoms with E-state index >= 15 is 0 Å². The van der Waals surface area contributed by atoms with Crippen LogP contribution in [-0.4, -0.2) is 37.5 Å². The van der Waals surface area contributed by atoms with Gasteiger partial charge in [0.2, 0.25) is 11.8 Å². The summed E-state index contributed by atoms with van der Waals surface area (Å²) in [6, 6.07) is 0. The molecule has 0 saturated carbocycles. The summed E-state index contributed by atoms with van der Waals surface area (Å²) in [5.41, 5.74) is 0. The highest BCUT2D eigenvalue weighted by Gasteiger charge is 2.09. The number of amides is 2. The topological polar surface area (TPSA) is 84.5 Å². The van der Waals surface area contributed by atoms with Gasteiger partial charge in [0, 0.05) is 13.0 Å². The van der Waals surface area contributed by atoms with Crippen molar-refractivity contribution in [3.63, 3.8) is 0 Å². The van der Waals surface area contributed by atoms with E-state index in [2.05, 4.69) is 15.4 Å². The zero-order valence-electron chi connectivity index (χ0n) is 11.2. The molecule has 0 aromatic rings. The molecule has 6 heteroatoms. The monoisotopic (exact) mass is 258 g/mol. The Balaban J connectivity index is 3.64. The van der Waals surface area contributed by atoms with Crippen LogP contribution in [0.25, 0.3) is 0 Å². The van der Waals surface area contributed by atoms with E-state index in [9.17, 15) is 14.4 Å². The number of esters is 1. The maximum absolute atomic E-state index is 11.3. The Bertz CT molecular complexity index is 290. The highest BCUT2D eigenvalue weighted by molar-refractivity contribution is 5.86. The summed E-state index contributed by atoms with van der Waals surface area (Å²) in [4.78, 5) is 33.6. The van der Waals surface area contributed by atoms with E-state index < -0.39 is 5.97 Å². The van der Waals surface area contributed by atoms with Crippen molar-refractivity contribution in [3.05, 3.63) is 0 Å². The molecule has 0 saturated heterocycles. The molecule has 0 radical (unpaired) electrons. The molecule has 0 aromatic carbocycles. The normalized spacial score (nSPS) is 10.0. The lowest BCUT2D eigenvalue weighted by Crippen LogP contribution is -2.38. The second kappa shape index (κ2) is 9.44. The first kappa shape index (κ1) is 16.4. The molecule has 0 aromatic heterocycles. The van der Waals surface area contributed by atoms with Crippen molar-refractivity contribution in [2.75, 3.05) is 19.7 Å². The summed E-state index contributed by atoms with van der Waals surface area (Å²) in [5, 5.41) is 5.12. The molecular formula is C12H22N2O4. The molecule has 18 heavy (non-hydrogen) atoms. The van der Waals surface area contributed by atoms with Gasteiger partial charge in [0.05, 0.1) is 19.6 Å². The first-order chi connectivity index (χ1) is 8.45. The van der Waals surface area contributed by atoms with E-state index in [-0.39, 0.29) is 31.2 Å². The molecule has 0 bridgehead atoms. The van der Waals surface area contributed by atoms with Crippen LogP contribution in [0.3, 0.4) is 0 Å². The zero-order chi connectivity index (χ0) is 14.0. The van der Waals surface area contributed by atoms with Crippen LogP contribution in [0.5, 0.6) is 0 Å². The van der Waals surface area contributed by atoms with Gasteiger partial charge in [-0.1, -0.05) is 13.8 Å². The summed E-state index contributed by atoms with van der Waals surface area (Å²) >= 11 is 0. The minimum Gasteiger partial charge on any atom is -0.466 e. The van der Waals surface area contributed by atoms with Crippen LogP contribution in [0.4, 0.5) is 0 Å². The van der Waals surface area contributed by atoms with E-state index in [0.29, 0.717) is 19.1 Å². The standard InChI is InChI=1S/C12H22N2O4/c1-4-18-12(17)6-5-10(15)14-8-11(16)13-7-9(2)3/h9H,4-8H2,1-3H3,(H,13,16)(H,14,15). The number of carbonyl (C=O) groups excluding carboxylic acids is 3. The fourth-order valence-electron chi connectivity index (χ4n) is 1.10. The third-order valence-corrected chi connectivity index (χ3v) is 2.02. The minimum atomic E-state index is -0.406. The Labute approximate surface area is 107 Å². The fourth-order valence-corrected chi connectivity index (χ4v) is 1.10. The molecule has 0 aliphatic carbocycles. The summed E-state index contributed by atoms with van der Waals surface area (Å²) in [7, 11) is 0. The van der Waals surface area contributed by atoms with Crippen molar-refractivity contribution in [1.82, 2.24) is 10.6 Å². The fraction of sp³-hybridized carbons (Fsp3) is 0.750. The lowest BCUT2D eigenvalue weighted by Gasteiger charge is -2.08. The number of ether oxygens (including phenoxy) is 1. The number of carbonyl (C=O) groups is 3. The molecular weight excluding hydrogens is 236 g/mol. The van der Waals surface area contributed by atoms with Crippen LogP contribution >= 0.6 is 0 Å². The summed E-state index contributed by atoms with van der Waals surface area (Å²) in [5.74, 6) is -0.596. The van der Waals surface area contributed by atoms with Gasteiger partial charge in [0.1, 0.15) is 0 Å². The molecule has 0 atom stereocenters. The Morgan fingerprint density at radius 3 is 2.28 bits per heavy atom. The molecule has 2 amide bonds. The Morgan fingerprint density at radius 1 is 1.06 bits per heavy atom. The van der Waals surface area contributed by atoms with Gasteiger partial charge in [0.25, 0.3) is 0 Å². The smallest absolute Gasteiger partial charge is 0.306 e. The van der Waals surface area contributed by atoms with Crippen LogP contribution in [0, 0.1) is 5.92 Å². The van der Waals surface area contributed by atoms with E-state index in [1.807, 2.05) is 13.8 Å². The maximum atomic E-state index is 11.3. The van der Waals surface area contributed by atoms with Crippen molar-refractivity contribution >= 4 is 17.8 Å². The third-order valence-electron chi connectivity index (χ3n) is 2.02. The molecule has 0 aliphatic heterocycles. The Kier molecular flexibility index (Phi) is 8.61. The number of nitrogens with one attached hydrogen (secondary N) is 2. The lowest BCUT2D eigenvalue weighted by molar-refractivity contribution is -0.144. The highest BCUT2D eigenvalue weighted by atomic mass is 16.5. The Hall–Kier alpha value is -1.59. The van der Waals surface area contributed by atoms with E-state index in [1.54, 1.807) is 6.92 Å². The third kappa shape index (κ3) is 9.62. The van der Waals surface area contributed by atoms with Gasteiger partial charge in [0.15, 0.2) is 0 Å². The quantitative estimate of drug-likeness (QED) is 0.610. The summed E-state index contributed by atoms with van der Waals surface area (Å²) in [6.07, 6.45) is 0.0730. The van der Waals surface area contributed by atoms with Gasteiger partial charge in [-0.2, -0.15) is 0 Å².